The van der Waals surface area contributed by atoms with Crippen LogP contribution in [0.25, 0.3) is 0 Å². The average molecular weight is 220 g/mol. The summed E-state index contributed by atoms with van der Waals surface area (Å²) in [6, 6.07) is 7.89. The van der Waals surface area contributed by atoms with Crippen LogP contribution in [0.3, 0.4) is 0 Å². The van der Waals surface area contributed by atoms with Gasteiger partial charge in [-0.1, -0.05) is 18.2 Å². The summed E-state index contributed by atoms with van der Waals surface area (Å²) in [5, 5.41) is 18.5. The number of benzene rings is 1. The Kier molecular flexibility index (Phi) is 4.53. The molecule has 0 atom stereocenters. The smallest absolute Gasteiger partial charge is 0.291 e. The van der Waals surface area contributed by atoms with Crippen molar-refractivity contribution < 1.29 is 18.7 Å². The van der Waals surface area contributed by atoms with Gasteiger partial charge in [-0.3, -0.25) is 0 Å². The monoisotopic (exact) mass is 220 g/mol. The fraction of sp³-hybridized carbons (Fsp3) is 0. The zero-order valence-corrected chi connectivity index (χ0v) is 7.72. The molecule has 0 unspecified atom stereocenters. The van der Waals surface area contributed by atoms with E-state index in [9.17, 15) is 8.42 Å². The first-order chi connectivity index (χ1) is 6.34. The minimum absolute atomic E-state index is 0.148. The summed E-state index contributed by atoms with van der Waals surface area (Å²) in [5.74, 6) is 0. The highest BCUT2D eigenvalue weighted by molar-refractivity contribution is 7.89. The van der Waals surface area contributed by atoms with E-state index in [0.29, 0.717) is 0 Å². The van der Waals surface area contributed by atoms with Crippen LogP contribution in [-0.4, -0.2) is 18.7 Å². The summed E-state index contributed by atoms with van der Waals surface area (Å²) >= 11 is 0. The standard InChI is InChI=1S/C6H7NO2S.HNO3/c7-10(8,9)6-4-2-1-3-5-6;2-1(3)4/h1-5H,(H2,7,8,9);(H,2,3,4). The van der Waals surface area contributed by atoms with Crippen molar-refractivity contribution in [1.29, 1.82) is 0 Å². The van der Waals surface area contributed by atoms with Crippen LogP contribution in [0.1, 0.15) is 0 Å². The van der Waals surface area contributed by atoms with Crippen molar-refractivity contribution in [2.24, 2.45) is 5.14 Å². The zero-order chi connectivity index (χ0) is 11.2. The van der Waals surface area contributed by atoms with Gasteiger partial charge in [0.1, 0.15) is 0 Å². The van der Waals surface area contributed by atoms with Crippen LogP contribution < -0.4 is 5.14 Å². The molecule has 14 heavy (non-hydrogen) atoms. The zero-order valence-electron chi connectivity index (χ0n) is 6.90. The van der Waals surface area contributed by atoms with Crippen molar-refractivity contribution in [3.05, 3.63) is 40.4 Å². The second kappa shape index (κ2) is 5.14. The molecule has 0 bridgehead atoms. The first kappa shape index (κ1) is 12.3. The predicted molar refractivity (Wildman–Crippen MR) is 46.6 cm³/mol. The minimum atomic E-state index is -3.50. The van der Waals surface area contributed by atoms with Crippen molar-refractivity contribution >= 4 is 10.0 Å². The molecule has 0 aliphatic rings. The molecule has 1 aromatic rings. The number of primary sulfonamides is 1. The van der Waals surface area contributed by atoms with Crippen molar-refractivity contribution in [1.82, 2.24) is 0 Å². The van der Waals surface area contributed by atoms with E-state index in [-0.39, 0.29) is 4.90 Å². The molecule has 0 heterocycles. The van der Waals surface area contributed by atoms with Gasteiger partial charge in [0.15, 0.2) is 0 Å². The molecule has 0 fully saturated rings. The number of nitrogens with two attached hydrogens (primary N) is 1. The maximum absolute atomic E-state index is 10.6. The molecule has 1 aromatic carbocycles. The highest BCUT2D eigenvalue weighted by atomic mass is 32.2. The maximum Gasteiger partial charge on any atom is 0.291 e. The van der Waals surface area contributed by atoms with Gasteiger partial charge < -0.3 is 5.21 Å². The van der Waals surface area contributed by atoms with Crippen LogP contribution in [0.4, 0.5) is 0 Å². The fourth-order valence-electron chi connectivity index (χ4n) is 0.610. The Balaban J connectivity index is 0.000000364. The lowest BCUT2D eigenvalue weighted by Crippen LogP contribution is -2.11. The highest BCUT2D eigenvalue weighted by Crippen LogP contribution is 2.02. The average Bonchev–Trinajstić information content (AvgIpc) is 2.03. The van der Waals surface area contributed by atoms with E-state index in [1.807, 2.05) is 0 Å². The van der Waals surface area contributed by atoms with E-state index in [1.165, 1.54) is 12.1 Å². The van der Waals surface area contributed by atoms with Gasteiger partial charge in [-0.15, -0.1) is 10.1 Å². The van der Waals surface area contributed by atoms with Crippen LogP contribution >= 0.6 is 0 Å². The molecule has 0 spiro atoms. The molecule has 1 rings (SSSR count). The van der Waals surface area contributed by atoms with Crippen LogP contribution in [0.5, 0.6) is 0 Å². The normalized spacial score (nSPS) is 9.79. The Bertz CT molecular complexity index is 384. The van der Waals surface area contributed by atoms with E-state index < -0.39 is 15.1 Å². The van der Waals surface area contributed by atoms with Gasteiger partial charge in [0.25, 0.3) is 5.09 Å². The molecule has 8 heteroatoms. The van der Waals surface area contributed by atoms with Gasteiger partial charge in [0.2, 0.25) is 10.0 Å². The first-order valence-electron chi connectivity index (χ1n) is 3.25. The highest BCUT2D eigenvalue weighted by Gasteiger charge is 2.03. The number of nitrogens with zero attached hydrogens (tertiary/aromatic N) is 1. The van der Waals surface area contributed by atoms with Crippen LogP contribution in [0.2, 0.25) is 0 Å². The van der Waals surface area contributed by atoms with Gasteiger partial charge in [0.05, 0.1) is 4.90 Å². The molecule has 0 aliphatic heterocycles. The third kappa shape index (κ3) is 5.91. The fourth-order valence-corrected chi connectivity index (χ4v) is 1.15. The first-order valence-corrected chi connectivity index (χ1v) is 4.80. The third-order valence-corrected chi connectivity index (χ3v) is 2.00. The number of sulfonamides is 1. The summed E-state index contributed by atoms with van der Waals surface area (Å²) in [5.41, 5.74) is 0. The van der Waals surface area contributed by atoms with Crippen molar-refractivity contribution in [2.45, 2.75) is 4.90 Å². The quantitative estimate of drug-likeness (QED) is 0.508. The van der Waals surface area contributed by atoms with E-state index in [2.05, 4.69) is 0 Å². The topological polar surface area (TPSA) is 124 Å². The molecule has 0 aliphatic carbocycles. The third-order valence-electron chi connectivity index (χ3n) is 1.07. The van der Waals surface area contributed by atoms with E-state index in [0.717, 1.165) is 0 Å². The largest absolute Gasteiger partial charge is 0.328 e. The van der Waals surface area contributed by atoms with Crippen LogP contribution in [0.15, 0.2) is 35.2 Å². The van der Waals surface area contributed by atoms with E-state index in [1.54, 1.807) is 18.2 Å². The number of rotatable bonds is 1. The van der Waals surface area contributed by atoms with Gasteiger partial charge in [-0.25, -0.2) is 13.6 Å². The lowest BCUT2D eigenvalue weighted by Gasteiger charge is -1.93. The van der Waals surface area contributed by atoms with Gasteiger partial charge in [-0.2, -0.15) is 0 Å². The molecule has 0 amide bonds. The van der Waals surface area contributed by atoms with Gasteiger partial charge >= 0.3 is 0 Å². The SMILES string of the molecule is NS(=O)(=O)c1ccccc1.O=[N+]([O-])O. The lowest BCUT2D eigenvalue weighted by molar-refractivity contribution is -0.742. The molecule has 78 valence electrons. The molecule has 3 N–H and O–H groups in total. The number of hydrogen-bond donors (Lipinski definition) is 2. The molecule has 0 saturated carbocycles. The van der Waals surface area contributed by atoms with E-state index in [4.69, 9.17) is 20.5 Å². The van der Waals surface area contributed by atoms with Gasteiger partial charge in [0, 0.05) is 0 Å². The van der Waals surface area contributed by atoms with Crippen LogP contribution in [-0.2, 0) is 10.0 Å². The summed E-state index contributed by atoms with van der Waals surface area (Å²) in [6.07, 6.45) is 0. The minimum Gasteiger partial charge on any atom is -0.328 e. The van der Waals surface area contributed by atoms with E-state index >= 15 is 0 Å². The summed E-state index contributed by atoms with van der Waals surface area (Å²) in [6.45, 7) is 0. The molecule has 0 saturated heterocycles. The summed E-state index contributed by atoms with van der Waals surface area (Å²) in [4.78, 5) is 8.51. The molecular formula is C6H8N2O5S. The van der Waals surface area contributed by atoms with Crippen molar-refractivity contribution in [3.63, 3.8) is 0 Å². The van der Waals surface area contributed by atoms with Crippen molar-refractivity contribution in [3.8, 4) is 0 Å². The second-order valence-electron chi connectivity index (χ2n) is 2.10. The Morgan fingerprint density at radius 3 is 1.86 bits per heavy atom. The Morgan fingerprint density at radius 2 is 1.64 bits per heavy atom. The predicted octanol–water partition coefficient (Wildman–Crippen LogP) is -0.0137. The maximum atomic E-state index is 10.6. The Hall–Kier alpha value is -1.67. The van der Waals surface area contributed by atoms with Crippen molar-refractivity contribution in [2.75, 3.05) is 0 Å². The van der Waals surface area contributed by atoms with Crippen LogP contribution in [0, 0.1) is 10.1 Å². The second-order valence-corrected chi connectivity index (χ2v) is 3.66. The van der Waals surface area contributed by atoms with Gasteiger partial charge in [-0.05, 0) is 12.1 Å². The molecular weight excluding hydrogens is 212 g/mol. The molecule has 0 radical (unpaired) electrons. The number of hydrogen-bond acceptors (Lipinski definition) is 4. The molecule has 7 nitrogen and oxygen atoms in total. The Labute approximate surface area is 79.9 Å². The lowest BCUT2D eigenvalue weighted by atomic mass is 10.4. The summed E-state index contributed by atoms with van der Waals surface area (Å²) in [7, 11) is -3.50. The Morgan fingerprint density at radius 1 is 1.29 bits per heavy atom. The summed E-state index contributed by atoms with van der Waals surface area (Å²) < 4.78 is 21.2. The molecule has 0 aromatic heterocycles.